The number of rotatable bonds is 7. The zero-order chi connectivity index (χ0) is 18.2. The topological polar surface area (TPSA) is 68.8 Å². The molecule has 1 heterocycles. The molecule has 2 aromatic rings. The van der Waals surface area contributed by atoms with E-state index in [1.807, 2.05) is 48.5 Å². The average molecular weight is 356 g/mol. The van der Waals surface area contributed by atoms with E-state index >= 15 is 0 Å². The van der Waals surface area contributed by atoms with Crippen LogP contribution in [-0.2, 0) is 22.7 Å². The van der Waals surface area contributed by atoms with Crippen LogP contribution < -0.4 is 20.1 Å². The average Bonchev–Trinajstić information content (AvgIpc) is 2.72. The van der Waals surface area contributed by atoms with Crippen molar-refractivity contribution in [2.24, 2.45) is 0 Å². The van der Waals surface area contributed by atoms with Crippen molar-refractivity contribution in [2.45, 2.75) is 19.3 Å². The lowest BCUT2D eigenvalue weighted by atomic mass is 10.2. The summed E-state index contributed by atoms with van der Waals surface area (Å²) in [7, 11) is 1.61. The first-order chi connectivity index (χ1) is 12.8. The molecule has 1 aliphatic rings. The molecule has 138 valence electrons. The molecular weight excluding hydrogens is 332 g/mol. The van der Waals surface area contributed by atoms with Crippen LogP contribution in [0.2, 0.25) is 0 Å². The molecule has 3 rings (SSSR count). The highest BCUT2D eigenvalue weighted by Crippen LogP contribution is 2.28. The van der Waals surface area contributed by atoms with Crippen molar-refractivity contribution >= 4 is 5.91 Å². The van der Waals surface area contributed by atoms with Crippen molar-refractivity contribution in [3.8, 4) is 11.5 Å². The summed E-state index contributed by atoms with van der Waals surface area (Å²) >= 11 is 0. The van der Waals surface area contributed by atoms with Gasteiger partial charge in [-0.3, -0.25) is 4.79 Å². The molecule has 2 N–H and O–H groups in total. The van der Waals surface area contributed by atoms with E-state index in [1.165, 1.54) is 0 Å². The standard InChI is InChI=1S/C20H24N2O4/c1-24-18-11-16(12-22-20(23)19-13-21-9-10-25-19)7-8-17(18)26-14-15-5-3-2-4-6-15/h2-8,11,19,21H,9-10,12-14H2,1H3,(H,22,23). The number of amides is 1. The molecule has 1 atom stereocenters. The summed E-state index contributed by atoms with van der Waals surface area (Å²) in [5.41, 5.74) is 2.03. The van der Waals surface area contributed by atoms with Gasteiger partial charge in [0.25, 0.3) is 5.91 Å². The number of benzene rings is 2. The molecule has 2 aromatic carbocycles. The number of morpholine rings is 1. The molecule has 6 heteroatoms. The van der Waals surface area contributed by atoms with Crippen molar-refractivity contribution in [1.29, 1.82) is 0 Å². The van der Waals surface area contributed by atoms with E-state index in [0.717, 1.165) is 17.7 Å². The number of methoxy groups -OCH3 is 1. The zero-order valence-electron chi connectivity index (χ0n) is 14.9. The van der Waals surface area contributed by atoms with Gasteiger partial charge >= 0.3 is 0 Å². The first kappa shape index (κ1) is 18.2. The lowest BCUT2D eigenvalue weighted by Gasteiger charge is -2.22. The number of hydrogen-bond donors (Lipinski definition) is 2. The van der Waals surface area contributed by atoms with Crippen LogP contribution in [0, 0.1) is 0 Å². The maximum atomic E-state index is 12.1. The predicted molar refractivity (Wildman–Crippen MR) is 98.2 cm³/mol. The summed E-state index contributed by atoms with van der Waals surface area (Å²) in [6.45, 7) is 2.76. The second kappa shape index (κ2) is 9.22. The Hall–Kier alpha value is -2.57. The summed E-state index contributed by atoms with van der Waals surface area (Å²) in [4.78, 5) is 12.1. The van der Waals surface area contributed by atoms with Gasteiger partial charge in [-0.05, 0) is 23.3 Å². The Morgan fingerprint density at radius 2 is 2.04 bits per heavy atom. The van der Waals surface area contributed by atoms with Crippen molar-refractivity contribution in [3.05, 3.63) is 59.7 Å². The summed E-state index contributed by atoms with van der Waals surface area (Å²) < 4.78 is 16.7. The van der Waals surface area contributed by atoms with Crippen LogP contribution in [-0.4, -0.2) is 38.8 Å². The van der Waals surface area contributed by atoms with E-state index in [9.17, 15) is 4.79 Å². The molecule has 0 spiro atoms. The van der Waals surface area contributed by atoms with E-state index in [1.54, 1.807) is 7.11 Å². The van der Waals surface area contributed by atoms with Crippen LogP contribution in [0.5, 0.6) is 11.5 Å². The SMILES string of the molecule is COc1cc(CNC(=O)C2CNCCO2)ccc1OCc1ccccc1. The maximum absolute atomic E-state index is 12.1. The predicted octanol–water partition coefficient (Wildman–Crippen LogP) is 1.88. The van der Waals surface area contributed by atoms with Gasteiger partial charge in [-0.1, -0.05) is 36.4 Å². The minimum atomic E-state index is -0.431. The monoisotopic (exact) mass is 356 g/mol. The Kier molecular flexibility index (Phi) is 6.46. The zero-order valence-corrected chi connectivity index (χ0v) is 14.9. The van der Waals surface area contributed by atoms with E-state index in [2.05, 4.69) is 10.6 Å². The number of hydrogen-bond acceptors (Lipinski definition) is 5. The molecule has 0 aromatic heterocycles. The minimum absolute atomic E-state index is 0.111. The van der Waals surface area contributed by atoms with Crippen LogP contribution in [0.15, 0.2) is 48.5 Å². The van der Waals surface area contributed by atoms with E-state index in [0.29, 0.717) is 37.8 Å². The van der Waals surface area contributed by atoms with Crippen molar-refractivity contribution in [3.63, 3.8) is 0 Å². The first-order valence-corrected chi connectivity index (χ1v) is 8.70. The third-order valence-corrected chi connectivity index (χ3v) is 4.15. The molecule has 1 unspecified atom stereocenters. The van der Waals surface area contributed by atoms with Crippen molar-refractivity contribution < 1.29 is 19.0 Å². The van der Waals surface area contributed by atoms with Gasteiger partial charge in [0, 0.05) is 19.6 Å². The van der Waals surface area contributed by atoms with Gasteiger partial charge in [-0.15, -0.1) is 0 Å². The van der Waals surface area contributed by atoms with Crippen LogP contribution in [0.1, 0.15) is 11.1 Å². The van der Waals surface area contributed by atoms with E-state index in [-0.39, 0.29) is 5.91 Å². The Labute approximate surface area is 153 Å². The van der Waals surface area contributed by atoms with Gasteiger partial charge in [0.15, 0.2) is 11.5 Å². The lowest BCUT2D eigenvalue weighted by molar-refractivity contribution is -0.134. The highest BCUT2D eigenvalue weighted by molar-refractivity contribution is 5.81. The molecule has 6 nitrogen and oxygen atoms in total. The third-order valence-electron chi connectivity index (χ3n) is 4.15. The van der Waals surface area contributed by atoms with Gasteiger partial charge < -0.3 is 24.8 Å². The van der Waals surface area contributed by atoms with Crippen molar-refractivity contribution in [2.75, 3.05) is 26.8 Å². The van der Waals surface area contributed by atoms with Gasteiger partial charge in [-0.25, -0.2) is 0 Å². The second-order valence-electron chi connectivity index (χ2n) is 6.04. The van der Waals surface area contributed by atoms with Crippen LogP contribution in [0.3, 0.4) is 0 Å². The molecule has 0 bridgehead atoms. The molecule has 1 saturated heterocycles. The molecule has 1 fully saturated rings. The summed E-state index contributed by atoms with van der Waals surface area (Å²) in [6, 6.07) is 15.6. The highest BCUT2D eigenvalue weighted by Gasteiger charge is 2.21. The molecular formula is C20H24N2O4. The van der Waals surface area contributed by atoms with Gasteiger partial charge in [0.2, 0.25) is 0 Å². The summed E-state index contributed by atoms with van der Waals surface area (Å²) in [6.07, 6.45) is -0.431. The maximum Gasteiger partial charge on any atom is 0.250 e. The number of ether oxygens (including phenoxy) is 3. The van der Waals surface area contributed by atoms with Crippen LogP contribution in [0.25, 0.3) is 0 Å². The molecule has 0 saturated carbocycles. The fourth-order valence-electron chi connectivity index (χ4n) is 2.71. The number of nitrogens with one attached hydrogen (secondary N) is 2. The Morgan fingerprint density at radius 3 is 2.77 bits per heavy atom. The van der Waals surface area contributed by atoms with Gasteiger partial charge in [-0.2, -0.15) is 0 Å². The molecule has 1 amide bonds. The Bertz CT molecular complexity index is 715. The molecule has 0 aliphatic carbocycles. The highest BCUT2D eigenvalue weighted by atomic mass is 16.5. The summed E-state index contributed by atoms with van der Waals surface area (Å²) in [5, 5.41) is 6.04. The first-order valence-electron chi connectivity index (χ1n) is 8.70. The third kappa shape index (κ3) is 4.97. The fraction of sp³-hybridized carbons (Fsp3) is 0.350. The van der Waals surface area contributed by atoms with Crippen LogP contribution >= 0.6 is 0 Å². The van der Waals surface area contributed by atoms with Gasteiger partial charge in [0.1, 0.15) is 12.7 Å². The normalized spacial score (nSPS) is 16.7. The second-order valence-corrected chi connectivity index (χ2v) is 6.04. The molecule has 0 radical (unpaired) electrons. The smallest absolute Gasteiger partial charge is 0.250 e. The minimum Gasteiger partial charge on any atom is -0.493 e. The van der Waals surface area contributed by atoms with Gasteiger partial charge in [0.05, 0.1) is 13.7 Å². The fourth-order valence-corrected chi connectivity index (χ4v) is 2.71. The lowest BCUT2D eigenvalue weighted by Crippen LogP contribution is -2.47. The Morgan fingerprint density at radius 1 is 1.19 bits per heavy atom. The molecule has 1 aliphatic heterocycles. The summed E-state index contributed by atoms with van der Waals surface area (Å²) in [5.74, 6) is 1.20. The molecule has 26 heavy (non-hydrogen) atoms. The van der Waals surface area contributed by atoms with Crippen molar-refractivity contribution in [1.82, 2.24) is 10.6 Å². The largest absolute Gasteiger partial charge is 0.493 e. The van der Waals surface area contributed by atoms with E-state index in [4.69, 9.17) is 14.2 Å². The quantitative estimate of drug-likeness (QED) is 0.793. The van der Waals surface area contributed by atoms with E-state index < -0.39 is 6.10 Å². The Balaban J connectivity index is 1.56. The number of carbonyl (C=O) groups is 1. The van der Waals surface area contributed by atoms with Crippen LogP contribution in [0.4, 0.5) is 0 Å². The number of carbonyl (C=O) groups excluding carboxylic acids is 1.